The fourth-order valence-corrected chi connectivity index (χ4v) is 1.54. The van der Waals surface area contributed by atoms with Gasteiger partial charge in [-0.3, -0.25) is 9.59 Å². The van der Waals surface area contributed by atoms with Crippen LogP contribution in [0.3, 0.4) is 0 Å². The van der Waals surface area contributed by atoms with Crippen molar-refractivity contribution in [2.24, 2.45) is 0 Å². The Hall–Kier alpha value is -1.30. The lowest BCUT2D eigenvalue weighted by molar-refractivity contribution is -0.136. The number of hydrogen-bond donors (Lipinski definition) is 3. The first kappa shape index (κ1) is 16.8. The number of amides is 2. The molecule has 0 radical (unpaired) electrons. The second-order valence-corrected chi connectivity index (χ2v) is 5.43. The number of anilines is 1. The quantitative estimate of drug-likeness (QED) is 0.745. The molecule has 3 N–H and O–H groups in total. The molecule has 1 unspecified atom stereocenters. The van der Waals surface area contributed by atoms with E-state index in [9.17, 15) is 14.7 Å². The summed E-state index contributed by atoms with van der Waals surface area (Å²) in [6.07, 6.45) is 0.460. The monoisotopic (exact) mass is 318 g/mol. The maximum Gasteiger partial charge on any atom is 0.313 e. The van der Waals surface area contributed by atoms with Gasteiger partial charge in [0.25, 0.3) is 0 Å². The van der Waals surface area contributed by atoms with Gasteiger partial charge in [0.15, 0.2) is 0 Å². The van der Waals surface area contributed by atoms with E-state index in [1.165, 1.54) is 18.2 Å². The summed E-state index contributed by atoms with van der Waals surface area (Å²) >= 11 is 11.5. The van der Waals surface area contributed by atoms with Gasteiger partial charge in [0.05, 0.1) is 15.6 Å². The van der Waals surface area contributed by atoms with E-state index >= 15 is 0 Å². The molecule has 0 heterocycles. The number of carbonyl (C=O) groups excluding carboxylic acids is 2. The Bertz CT molecular complexity index is 518. The summed E-state index contributed by atoms with van der Waals surface area (Å²) in [6, 6.07) is 4.48. The van der Waals surface area contributed by atoms with Gasteiger partial charge in [-0.25, -0.2) is 0 Å². The highest BCUT2D eigenvalue weighted by Crippen LogP contribution is 2.24. The fraction of sp³-hybridized carbons (Fsp3) is 0.385. The van der Waals surface area contributed by atoms with Crippen LogP contribution in [0.5, 0.6) is 0 Å². The molecule has 1 aromatic rings. The minimum Gasteiger partial charge on any atom is -0.388 e. The molecule has 0 aromatic heterocycles. The maximum atomic E-state index is 11.6. The number of benzene rings is 1. The zero-order chi connectivity index (χ0) is 15.3. The topological polar surface area (TPSA) is 78.4 Å². The Kier molecular flexibility index (Phi) is 5.80. The van der Waals surface area contributed by atoms with E-state index in [1.807, 2.05) is 0 Å². The summed E-state index contributed by atoms with van der Waals surface area (Å²) in [7, 11) is 0. The van der Waals surface area contributed by atoms with Crippen LogP contribution in [-0.4, -0.2) is 29.1 Å². The Morgan fingerprint density at radius 1 is 1.25 bits per heavy atom. The van der Waals surface area contributed by atoms with Crippen LogP contribution in [0, 0.1) is 0 Å². The molecule has 0 bridgehead atoms. The van der Waals surface area contributed by atoms with E-state index in [-0.39, 0.29) is 11.6 Å². The van der Waals surface area contributed by atoms with Gasteiger partial charge in [-0.15, -0.1) is 0 Å². The summed E-state index contributed by atoms with van der Waals surface area (Å²) in [6.45, 7) is 3.35. The average molecular weight is 319 g/mol. The lowest BCUT2D eigenvalue weighted by Crippen LogP contribution is -2.44. The van der Waals surface area contributed by atoms with Crippen molar-refractivity contribution in [3.05, 3.63) is 28.2 Å². The first-order valence-electron chi connectivity index (χ1n) is 6.02. The highest BCUT2D eigenvalue weighted by atomic mass is 35.5. The van der Waals surface area contributed by atoms with Crippen molar-refractivity contribution in [1.82, 2.24) is 5.32 Å². The van der Waals surface area contributed by atoms with E-state index < -0.39 is 17.4 Å². The van der Waals surface area contributed by atoms with Gasteiger partial charge in [0.1, 0.15) is 0 Å². The Morgan fingerprint density at radius 2 is 1.90 bits per heavy atom. The highest BCUT2D eigenvalue weighted by molar-refractivity contribution is 6.42. The standard InChI is InChI=1S/C13H16Cl2N2O3/c1-3-13(2,20)7-16-11(18)12(19)17-8-4-5-9(14)10(15)6-8/h4-6,20H,3,7H2,1-2H3,(H,16,18)(H,17,19). The molecule has 1 atom stereocenters. The van der Waals surface area contributed by atoms with Crippen molar-refractivity contribution in [3.63, 3.8) is 0 Å². The van der Waals surface area contributed by atoms with E-state index in [2.05, 4.69) is 10.6 Å². The number of rotatable bonds is 4. The smallest absolute Gasteiger partial charge is 0.313 e. The Balaban J connectivity index is 2.58. The molecule has 0 aliphatic rings. The third-order valence-corrected chi connectivity index (χ3v) is 3.51. The van der Waals surface area contributed by atoms with Crippen LogP contribution in [-0.2, 0) is 9.59 Å². The minimum absolute atomic E-state index is 0.00285. The number of halogens is 2. The predicted octanol–water partition coefficient (Wildman–Crippen LogP) is 2.21. The molecule has 2 amide bonds. The van der Waals surface area contributed by atoms with Crippen LogP contribution in [0.1, 0.15) is 20.3 Å². The number of hydrogen-bond acceptors (Lipinski definition) is 3. The van der Waals surface area contributed by atoms with E-state index in [1.54, 1.807) is 13.8 Å². The molecule has 0 aliphatic heterocycles. The molecule has 0 fully saturated rings. The van der Waals surface area contributed by atoms with Gasteiger partial charge in [0, 0.05) is 12.2 Å². The predicted molar refractivity (Wildman–Crippen MR) is 79.0 cm³/mol. The van der Waals surface area contributed by atoms with Crippen molar-refractivity contribution in [1.29, 1.82) is 0 Å². The second-order valence-electron chi connectivity index (χ2n) is 4.62. The molecular formula is C13H16Cl2N2O3. The Morgan fingerprint density at radius 3 is 2.45 bits per heavy atom. The van der Waals surface area contributed by atoms with E-state index in [0.29, 0.717) is 17.1 Å². The normalized spacial score (nSPS) is 13.4. The lowest BCUT2D eigenvalue weighted by atomic mass is 10.0. The van der Waals surface area contributed by atoms with Crippen LogP contribution < -0.4 is 10.6 Å². The van der Waals surface area contributed by atoms with Crippen molar-refractivity contribution < 1.29 is 14.7 Å². The molecular weight excluding hydrogens is 303 g/mol. The molecule has 7 heteroatoms. The van der Waals surface area contributed by atoms with Crippen molar-refractivity contribution in [3.8, 4) is 0 Å². The van der Waals surface area contributed by atoms with Gasteiger partial charge in [0.2, 0.25) is 0 Å². The molecule has 0 aliphatic carbocycles. The van der Waals surface area contributed by atoms with Gasteiger partial charge in [-0.05, 0) is 31.5 Å². The van der Waals surface area contributed by atoms with E-state index in [4.69, 9.17) is 23.2 Å². The van der Waals surface area contributed by atoms with E-state index in [0.717, 1.165) is 0 Å². The fourth-order valence-electron chi connectivity index (χ4n) is 1.24. The number of nitrogens with one attached hydrogen (secondary N) is 2. The van der Waals surface area contributed by atoms with Crippen LogP contribution in [0.4, 0.5) is 5.69 Å². The molecule has 1 rings (SSSR count). The first-order valence-corrected chi connectivity index (χ1v) is 6.77. The Labute approximate surface area is 127 Å². The van der Waals surface area contributed by atoms with Crippen molar-refractivity contribution in [2.45, 2.75) is 25.9 Å². The summed E-state index contributed by atoms with van der Waals surface area (Å²) in [5.41, 5.74) is -0.679. The highest BCUT2D eigenvalue weighted by Gasteiger charge is 2.21. The van der Waals surface area contributed by atoms with Crippen molar-refractivity contribution >= 4 is 40.7 Å². The maximum absolute atomic E-state index is 11.6. The number of carbonyl (C=O) groups is 2. The van der Waals surface area contributed by atoms with Crippen molar-refractivity contribution in [2.75, 3.05) is 11.9 Å². The van der Waals surface area contributed by atoms with Crippen LogP contribution in [0.15, 0.2) is 18.2 Å². The van der Waals surface area contributed by atoms with Gasteiger partial charge < -0.3 is 15.7 Å². The zero-order valence-corrected chi connectivity index (χ0v) is 12.7. The number of aliphatic hydroxyl groups is 1. The summed E-state index contributed by atoms with van der Waals surface area (Å²) in [5, 5.41) is 15.1. The zero-order valence-electron chi connectivity index (χ0n) is 11.2. The molecule has 20 heavy (non-hydrogen) atoms. The molecule has 0 spiro atoms. The molecule has 0 saturated carbocycles. The summed E-state index contributed by atoms with van der Waals surface area (Å²) in [5.74, 6) is -1.67. The SMILES string of the molecule is CCC(C)(O)CNC(=O)C(=O)Nc1ccc(Cl)c(Cl)c1. The average Bonchev–Trinajstić information content (AvgIpc) is 2.40. The van der Waals surface area contributed by atoms with Crippen LogP contribution in [0.25, 0.3) is 0 Å². The molecule has 1 aromatic carbocycles. The first-order chi connectivity index (χ1) is 9.25. The molecule has 0 saturated heterocycles. The van der Waals surface area contributed by atoms with Gasteiger partial charge in [-0.2, -0.15) is 0 Å². The van der Waals surface area contributed by atoms with Crippen LogP contribution >= 0.6 is 23.2 Å². The van der Waals surface area contributed by atoms with Crippen LogP contribution in [0.2, 0.25) is 10.0 Å². The third kappa shape index (κ3) is 5.00. The minimum atomic E-state index is -1.04. The summed E-state index contributed by atoms with van der Waals surface area (Å²) in [4.78, 5) is 23.2. The third-order valence-electron chi connectivity index (χ3n) is 2.78. The largest absolute Gasteiger partial charge is 0.388 e. The molecule has 110 valence electrons. The van der Waals surface area contributed by atoms with Gasteiger partial charge in [-0.1, -0.05) is 30.1 Å². The second kappa shape index (κ2) is 6.92. The summed E-state index contributed by atoms with van der Waals surface area (Å²) < 4.78 is 0. The van der Waals surface area contributed by atoms with Gasteiger partial charge >= 0.3 is 11.8 Å². The lowest BCUT2D eigenvalue weighted by Gasteiger charge is -2.21. The molecule has 5 nitrogen and oxygen atoms in total.